The Kier molecular flexibility index (Phi) is 2.65. The van der Waals surface area contributed by atoms with E-state index in [-0.39, 0.29) is 0 Å². The molecule has 0 spiro atoms. The van der Waals surface area contributed by atoms with E-state index in [1.807, 2.05) is 11.5 Å². The van der Waals surface area contributed by atoms with E-state index in [0.717, 1.165) is 18.5 Å². The Morgan fingerprint density at radius 3 is 3.09 bits per heavy atom. The van der Waals surface area contributed by atoms with Gasteiger partial charge in [-0.2, -0.15) is 0 Å². The summed E-state index contributed by atoms with van der Waals surface area (Å²) < 4.78 is 1.86. The molecular formula is C7H9ClN2O. The molecule has 0 radical (unpaired) electrons. The summed E-state index contributed by atoms with van der Waals surface area (Å²) >= 11 is 5.71. The molecule has 0 aliphatic heterocycles. The van der Waals surface area contributed by atoms with Crippen molar-refractivity contribution >= 4 is 17.9 Å². The van der Waals surface area contributed by atoms with Gasteiger partial charge in [-0.1, -0.05) is 11.6 Å². The summed E-state index contributed by atoms with van der Waals surface area (Å²) in [6, 6.07) is 0. The Balaban J connectivity index is 2.96. The molecule has 0 saturated heterocycles. The number of aldehydes is 1. The van der Waals surface area contributed by atoms with Crippen LogP contribution in [0.2, 0.25) is 5.15 Å². The summed E-state index contributed by atoms with van der Waals surface area (Å²) in [6.07, 6.45) is 2.81. The number of hydrogen-bond acceptors (Lipinski definition) is 2. The number of halogens is 1. The monoisotopic (exact) mass is 172 g/mol. The molecule has 3 nitrogen and oxygen atoms in total. The zero-order valence-corrected chi connectivity index (χ0v) is 7.01. The summed E-state index contributed by atoms with van der Waals surface area (Å²) in [5.41, 5.74) is 0.796. The molecule has 0 unspecified atom stereocenters. The Bertz CT molecular complexity index is 257. The highest BCUT2D eigenvalue weighted by Crippen LogP contribution is 2.12. The van der Waals surface area contributed by atoms with E-state index < -0.39 is 0 Å². The fourth-order valence-corrected chi connectivity index (χ4v) is 1.17. The summed E-state index contributed by atoms with van der Waals surface area (Å²) in [7, 11) is 0. The smallest absolute Gasteiger partial charge is 0.150 e. The van der Waals surface area contributed by atoms with Crippen molar-refractivity contribution in [2.24, 2.45) is 0 Å². The zero-order chi connectivity index (χ0) is 8.27. The van der Waals surface area contributed by atoms with Gasteiger partial charge in [0, 0.05) is 13.0 Å². The van der Waals surface area contributed by atoms with E-state index in [1.54, 1.807) is 6.33 Å². The highest BCUT2D eigenvalue weighted by Gasteiger charge is 2.05. The molecule has 1 rings (SSSR count). The van der Waals surface area contributed by atoms with Crippen molar-refractivity contribution in [3.8, 4) is 0 Å². The Morgan fingerprint density at radius 2 is 2.55 bits per heavy atom. The van der Waals surface area contributed by atoms with Crippen molar-refractivity contribution in [1.82, 2.24) is 9.55 Å². The Labute approximate surface area is 70.0 Å². The fraction of sp³-hybridized carbons (Fsp3) is 0.429. The van der Waals surface area contributed by atoms with E-state index in [4.69, 9.17) is 11.6 Å². The number of hydrogen-bond donors (Lipinski definition) is 0. The SMILES string of the molecule is CCn1cnc(Cl)c1CC=O. The molecule has 1 heterocycles. The van der Waals surface area contributed by atoms with Gasteiger partial charge in [0.2, 0.25) is 0 Å². The first-order valence-electron chi connectivity index (χ1n) is 3.42. The third-order valence-corrected chi connectivity index (χ3v) is 1.83. The number of carbonyl (C=O) groups is 1. The van der Waals surface area contributed by atoms with E-state index >= 15 is 0 Å². The number of rotatable bonds is 3. The Morgan fingerprint density at radius 1 is 1.82 bits per heavy atom. The number of carbonyl (C=O) groups excluding carboxylic acids is 1. The predicted octanol–water partition coefficient (Wildman–Crippen LogP) is 1.30. The molecule has 0 aliphatic rings. The van der Waals surface area contributed by atoms with Gasteiger partial charge in [-0.3, -0.25) is 0 Å². The van der Waals surface area contributed by atoms with Crippen molar-refractivity contribution in [3.63, 3.8) is 0 Å². The second kappa shape index (κ2) is 3.53. The summed E-state index contributed by atoms with van der Waals surface area (Å²) in [5.74, 6) is 0. The molecule has 60 valence electrons. The van der Waals surface area contributed by atoms with Crippen LogP contribution in [0.25, 0.3) is 0 Å². The quantitative estimate of drug-likeness (QED) is 0.645. The topological polar surface area (TPSA) is 34.9 Å². The van der Waals surface area contributed by atoms with E-state index in [0.29, 0.717) is 11.6 Å². The first-order chi connectivity index (χ1) is 5.29. The van der Waals surface area contributed by atoms with Crippen LogP contribution < -0.4 is 0 Å². The van der Waals surface area contributed by atoms with E-state index in [9.17, 15) is 4.79 Å². The van der Waals surface area contributed by atoms with Crippen LogP contribution in [0.3, 0.4) is 0 Å². The molecule has 0 aromatic carbocycles. The number of aryl methyl sites for hydroxylation is 1. The fourth-order valence-electron chi connectivity index (χ4n) is 0.936. The largest absolute Gasteiger partial charge is 0.333 e. The maximum Gasteiger partial charge on any atom is 0.150 e. The predicted molar refractivity (Wildman–Crippen MR) is 42.7 cm³/mol. The van der Waals surface area contributed by atoms with Gasteiger partial charge in [0.25, 0.3) is 0 Å². The van der Waals surface area contributed by atoms with Gasteiger partial charge < -0.3 is 9.36 Å². The van der Waals surface area contributed by atoms with Crippen LogP contribution in [-0.2, 0) is 17.8 Å². The van der Waals surface area contributed by atoms with Crippen molar-refractivity contribution in [2.45, 2.75) is 19.9 Å². The summed E-state index contributed by atoms with van der Waals surface area (Å²) in [4.78, 5) is 14.1. The summed E-state index contributed by atoms with van der Waals surface area (Å²) in [5, 5.41) is 0.430. The molecule has 0 saturated carbocycles. The van der Waals surface area contributed by atoms with Crippen LogP contribution in [-0.4, -0.2) is 15.8 Å². The molecule has 0 aliphatic carbocycles. The summed E-state index contributed by atoms with van der Waals surface area (Å²) in [6.45, 7) is 2.77. The maximum absolute atomic E-state index is 10.2. The van der Waals surface area contributed by atoms with Gasteiger partial charge in [-0.05, 0) is 6.92 Å². The van der Waals surface area contributed by atoms with Crippen LogP contribution in [0.5, 0.6) is 0 Å². The molecule has 0 fully saturated rings. The van der Waals surface area contributed by atoms with Crippen LogP contribution in [0.4, 0.5) is 0 Å². The molecule has 11 heavy (non-hydrogen) atoms. The van der Waals surface area contributed by atoms with Crippen LogP contribution in [0.15, 0.2) is 6.33 Å². The van der Waals surface area contributed by atoms with Crippen molar-refractivity contribution in [1.29, 1.82) is 0 Å². The number of nitrogens with zero attached hydrogens (tertiary/aromatic N) is 2. The molecule has 1 aromatic heterocycles. The third kappa shape index (κ3) is 1.60. The normalized spacial score (nSPS) is 10.0. The van der Waals surface area contributed by atoms with Crippen LogP contribution in [0, 0.1) is 0 Å². The average Bonchev–Trinajstić information content (AvgIpc) is 2.34. The highest BCUT2D eigenvalue weighted by atomic mass is 35.5. The molecule has 0 atom stereocenters. The van der Waals surface area contributed by atoms with Gasteiger partial charge in [0.1, 0.15) is 6.29 Å². The Hall–Kier alpha value is -0.830. The number of aromatic nitrogens is 2. The van der Waals surface area contributed by atoms with Gasteiger partial charge in [-0.15, -0.1) is 0 Å². The highest BCUT2D eigenvalue weighted by molar-refractivity contribution is 6.30. The zero-order valence-electron chi connectivity index (χ0n) is 6.25. The van der Waals surface area contributed by atoms with Gasteiger partial charge >= 0.3 is 0 Å². The molecule has 0 bridgehead atoms. The van der Waals surface area contributed by atoms with Crippen LogP contribution >= 0.6 is 11.6 Å². The minimum absolute atomic E-state index is 0.340. The van der Waals surface area contributed by atoms with Crippen molar-refractivity contribution < 1.29 is 4.79 Å². The second-order valence-corrected chi connectivity index (χ2v) is 2.50. The lowest BCUT2D eigenvalue weighted by Gasteiger charge is -1.99. The molecule has 4 heteroatoms. The molecule has 0 amide bonds. The minimum atomic E-state index is 0.340. The lowest BCUT2D eigenvalue weighted by atomic mass is 10.3. The van der Waals surface area contributed by atoms with Crippen molar-refractivity contribution in [3.05, 3.63) is 17.2 Å². The minimum Gasteiger partial charge on any atom is -0.333 e. The number of imidazole rings is 1. The lowest BCUT2D eigenvalue weighted by Crippen LogP contribution is -1.99. The molecular weight excluding hydrogens is 164 g/mol. The third-order valence-electron chi connectivity index (χ3n) is 1.51. The lowest BCUT2D eigenvalue weighted by molar-refractivity contribution is -0.107. The molecule has 0 N–H and O–H groups in total. The standard InChI is InChI=1S/C7H9ClN2O/c1-2-10-5-9-7(8)6(10)3-4-11/h4-5H,2-3H2,1H3. The van der Waals surface area contributed by atoms with E-state index in [2.05, 4.69) is 4.98 Å². The molecule has 1 aromatic rings. The van der Waals surface area contributed by atoms with Gasteiger partial charge in [0.15, 0.2) is 5.15 Å². The maximum atomic E-state index is 10.2. The van der Waals surface area contributed by atoms with E-state index in [1.165, 1.54) is 0 Å². The van der Waals surface area contributed by atoms with Crippen LogP contribution in [0.1, 0.15) is 12.6 Å². The van der Waals surface area contributed by atoms with Gasteiger partial charge in [-0.25, -0.2) is 4.98 Å². The van der Waals surface area contributed by atoms with Gasteiger partial charge in [0.05, 0.1) is 12.0 Å². The van der Waals surface area contributed by atoms with Crippen molar-refractivity contribution in [2.75, 3.05) is 0 Å². The first-order valence-corrected chi connectivity index (χ1v) is 3.80. The average molecular weight is 173 g/mol. The first kappa shape index (κ1) is 8.27. The second-order valence-electron chi connectivity index (χ2n) is 2.14.